The molecule has 8 nitrogen and oxygen atoms in total. The summed E-state index contributed by atoms with van der Waals surface area (Å²) in [7, 11) is 2.15. The summed E-state index contributed by atoms with van der Waals surface area (Å²) in [6, 6.07) is 14.5. The van der Waals surface area contributed by atoms with Crippen LogP contribution in [-0.4, -0.2) is 72.9 Å². The second kappa shape index (κ2) is 13.1. The number of fused-ring (bicyclic) bond motifs is 1. The summed E-state index contributed by atoms with van der Waals surface area (Å²) >= 11 is 1.49. The minimum atomic E-state index is -4.55. The number of nitrogens with one attached hydrogen (secondary N) is 3. The van der Waals surface area contributed by atoms with Crippen molar-refractivity contribution < 1.29 is 22.8 Å². The number of hydrogen-bond donors (Lipinski definition) is 3. The monoisotopic (exact) mass is 610 g/mol. The molecule has 0 bridgehead atoms. The summed E-state index contributed by atoms with van der Waals surface area (Å²) in [6.45, 7) is 8.08. The van der Waals surface area contributed by atoms with E-state index in [9.17, 15) is 22.8 Å². The van der Waals surface area contributed by atoms with E-state index in [0.717, 1.165) is 78.7 Å². The number of piperazine rings is 1. The molecule has 226 valence electrons. The number of carbonyl (C=O) groups excluding carboxylic acids is 2. The van der Waals surface area contributed by atoms with Gasteiger partial charge in [-0.05, 0) is 81.0 Å². The van der Waals surface area contributed by atoms with Crippen molar-refractivity contribution in [3.8, 4) is 0 Å². The van der Waals surface area contributed by atoms with E-state index in [1.807, 2.05) is 13.0 Å². The van der Waals surface area contributed by atoms with Gasteiger partial charge in [-0.15, -0.1) is 0 Å². The van der Waals surface area contributed by atoms with Gasteiger partial charge >= 0.3 is 6.18 Å². The molecule has 0 unspecified atom stereocenters. The van der Waals surface area contributed by atoms with Crippen LogP contribution in [0.25, 0.3) is 10.2 Å². The molecule has 1 aliphatic heterocycles. The van der Waals surface area contributed by atoms with Crippen LogP contribution in [0.3, 0.4) is 0 Å². The highest BCUT2D eigenvalue weighted by atomic mass is 32.1. The van der Waals surface area contributed by atoms with Gasteiger partial charge in [0.05, 0.1) is 15.8 Å². The highest BCUT2D eigenvalue weighted by molar-refractivity contribution is 7.22. The molecule has 1 aliphatic rings. The lowest BCUT2D eigenvalue weighted by molar-refractivity contribution is -0.137. The molecule has 0 aliphatic carbocycles. The van der Waals surface area contributed by atoms with Crippen molar-refractivity contribution >= 4 is 49.9 Å². The van der Waals surface area contributed by atoms with Gasteiger partial charge in [-0.3, -0.25) is 9.59 Å². The maximum absolute atomic E-state index is 13.1. The number of halogens is 3. The van der Waals surface area contributed by atoms with Crippen LogP contribution in [0.1, 0.15) is 38.3 Å². The fourth-order valence-corrected chi connectivity index (χ4v) is 5.71. The summed E-state index contributed by atoms with van der Waals surface area (Å²) in [5.41, 5.74) is 1.80. The number of aryl methyl sites for hydroxylation is 1. The van der Waals surface area contributed by atoms with Crippen LogP contribution in [0.15, 0.2) is 60.7 Å². The zero-order valence-electron chi connectivity index (χ0n) is 23.9. The normalized spacial score (nSPS) is 14.5. The van der Waals surface area contributed by atoms with Gasteiger partial charge in [0.2, 0.25) is 0 Å². The van der Waals surface area contributed by atoms with E-state index < -0.39 is 17.6 Å². The van der Waals surface area contributed by atoms with E-state index in [-0.39, 0.29) is 11.5 Å². The number of carbonyl (C=O) groups is 2. The van der Waals surface area contributed by atoms with Crippen LogP contribution in [-0.2, 0) is 6.18 Å². The number of hydrogen-bond acceptors (Lipinski definition) is 7. The molecular weight excluding hydrogens is 577 g/mol. The Balaban J connectivity index is 1.19. The second-order valence-corrected chi connectivity index (χ2v) is 11.7. The third-order valence-corrected chi connectivity index (χ3v) is 8.35. The van der Waals surface area contributed by atoms with Crippen molar-refractivity contribution in [3.05, 3.63) is 82.9 Å². The van der Waals surface area contributed by atoms with Crippen molar-refractivity contribution in [2.45, 2.75) is 19.5 Å². The minimum absolute atomic E-state index is 0.122. The number of anilines is 3. The van der Waals surface area contributed by atoms with Gasteiger partial charge in [-0.2, -0.15) is 13.2 Å². The molecule has 1 fully saturated rings. The van der Waals surface area contributed by atoms with Gasteiger partial charge in [0.25, 0.3) is 11.8 Å². The zero-order chi connectivity index (χ0) is 30.6. The Morgan fingerprint density at radius 2 is 1.67 bits per heavy atom. The number of aromatic nitrogens is 1. The summed E-state index contributed by atoms with van der Waals surface area (Å²) in [5.74, 6) is -1.02. The molecule has 3 N–H and O–H groups in total. The smallest absolute Gasteiger partial charge is 0.361 e. The number of thiazole rings is 1. The molecule has 43 heavy (non-hydrogen) atoms. The third kappa shape index (κ3) is 7.89. The molecule has 2 amide bonds. The number of nitrogens with zero attached hydrogens (tertiary/aromatic N) is 3. The predicted octanol–water partition coefficient (Wildman–Crippen LogP) is 6.18. The van der Waals surface area contributed by atoms with Gasteiger partial charge in [0.1, 0.15) is 0 Å². The molecule has 2 heterocycles. The lowest BCUT2D eigenvalue weighted by atomic mass is 10.1. The quantitative estimate of drug-likeness (QED) is 0.196. The highest BCUT2D eigenvalue weighted by Gasteiger charge is 2.31. The Hall–Kier alpha value is -4.00. The Bertz CT molecular complexity index is 1610. The topological polar surface area (TPSA) is 89.6 Å². The summed E-state index contributed by atoms with van der Waals surface area (Å²) in [6.07, 6.45) is -3.53. The Morgan fingerprint density at radius 3 is 2.44 bits per heavy atom. The lowest BCUT2D eigenvalue weighted by Gasteiger charge is -2.32. The molecule has 5 rings (SSSR count). The highest BCUT2D eigenvalue weighted by Crippen LogP contribution is 2.30. The molecule has 0 spiro atoms. The molecular formula is C31H33F3N6O2S. The Labute approximate surface area is 251 Å². The summed E-state index contributed by atoms with van der Waals surface area (Å²) in [5, 5.41) is 9.70. The maximum Gasteiger partial charge on any atom is 0.416 e. The van der Waals surface area contributed by atoms with E-state index >= 15 is 0 Å². The standard InChI is InChI=1S/C31H33F3N6O2S/c1-20-7-9-24(36-28(41)21-5-3-6-23(17-21)31(32,33)34)19-26(20)37-29(42)22-8-10-25-27(18-22)43-30(38-25)35-11-4-12-40-15-13-39(2)14-16-40/h3,5-10,17-19H,4,11-16H2,1-2H3,(H,35,38)(H,36,41)(H,37,42). The average Bonchev–Trinajstić information content (AvgIpc) is 3.40. The fourth-order valence-electron chi connectivity index (χ4n) is 4.78. The number of rotatable bonds is 9. The molecule has 12 heteroatoms. The van der Waals surface area contributed by atoms with E-state index in [1.54, 1.807) is 30.3 Å². The fraction of sp³-hybridized carbons (Fsp3) is 0.323. The van der Waals surface area contributed by atoms with Crippen molar-refractivity contribution in [3.63, 3.8) is 0 Å². The van der Waals surface area contributed by atoms with Gasteiger partial charge < -0.3 is 25.8 Å². The largest absolute Gasteiger partial charge is 0.416 e. The van der Waals surface area contributed by atoms with Crippen LogP contribution >= 0.6 is 11.3 Å². The van der Waals surface area contributed by atoms with E-state index in [0.29, 0.717) is 16.9 Å². The van der Waals surface area contributed by atoms with Crippen molar-refractivity contribution in [2.24, 2.45) is 0 Å². The minimum Gasteiger partial charge on any atom is -0.361 e. The van der Waals surface area contributed by atoms with Crippen molar-refractivity contribution in [1.29, 1.82) is 0 Å². The first-order valence-electron chi connectivity index (χ1n) is 14.0. The molecule has 3 aromatic carbocycles. The molecule has 1 aromatic heterocycles. The first kappa shape index (κ1) is 30.5. The lowest BCUT2D eigenvalue weighted by Crippen LogP contribution is -2.44. The zero-order valence-corrected chi connectivity index (χ0v) is 24.7. The maximum atomic E-state index is 13.1. The first-order valence-corrected chi connectivity index (χ1v) is 14.8. The number of benzene rings is 3. The van der Waals surface area contributed by atoms with Crippen molar-refractivity contribution in [1.82, 2.24) is 14.8 Å². The van der Waals surface area contributed by atoms with Crippen LogP contribution in [0.4, 0.5) is 29.7 Å². The molecule has 0 radical (unpaired) electrons. The number of amides is 2. The Kier molecular flexibility index (Phi) is 9.28. The van der Waals surface area contributed by atoms with E-state index in [1.165, 1.54) is 23.5 Å². The molecule has 4 aromatic rings. The predicted molar refractivity (Wildman–Crippen MR) is 165 cm³/mol. The summed E-state index contributed by atoms with van der Waals surface area (Å²) < 4.78 is 40.0. The number of alkyl halides is 3. The van der Waals surface area contributed by atoms with Crippen LogP contribution in [0.5, 0.6) is 0 Å². The second-order valence-electron chi connectivity index (χ2n) is 10.6. The molecule has 0 saturated carbocycles. The van der Waals surface area contributed by atoms with E-state index in [4.69, 9.17) is 0 Å². The SMILES string of the molecule is Cc1ccc(NC(=O)c2cccc(C(F)(F)F)c2)cc1NC(=O)c1ccc2nc(NCCCN3CCN(C)CC3)sc2c1. The average molecular weight is 611 g/mol. The third-order valence-electron chi connectivity index (χ3n) is 7.37. The number of likely N-dealkylation sites (N-methyl/N-ethyl adjacent to an activating group) is 1. The van der Waals surface area contributed by atoms with Gasteiger partial charge in [0, 0.05) is 55.2 Å². The van der Waals surface area contributed by atoms with Gasteiger partial charge in [-0.1, -0.05) is 23.5 Å². The van der Waals surface area contributed by atoms with Crippen LogP contribution < -0.4 is 16.0 Å². The Morgan fingerprint density at radius 1 is 0.930 bits per heavy atom. The first-order chi connectivity index (χ1) is 20.5. The van der Waals surface area contributed by atoms with Crippen LogP contribution in [0.2, 0.25) is 0 Å². The van der Waals surface area contributed by atoms with Gasteiger partial charge in [0.15, 0.2) is 5.13 Å². The van der Waals surface area contributed by atoms with Crippen molar-refractivity contribution in [2.75, 3.05) is 62.3 Å². The summed E-state index contributed by atoms with van der Waals surface area (Å²) in [4.78, 5) is 35.3. The van der Waals surface area contributed by atoms with Crippen LogP contribution in [0, 0.1) is 6.92 Å². The van der Waals surface area contributed by atoms with Gasteiger partial charge in [-0.25, -0.2) is 4.98 Å². The van der Waals surface area contributed by atoms with E-state index in [2.05, 4.69) is 37.8 Å². The molecule has 0 atom stereocenters. The molecule has 1 saturated heterocycles.